The van der Waals surface area contributed by atoms with Crippen LogP contribution < -0.4 is 5.32 Å². The van der Waals surface area contributed by atoms with Crippen LogP contribution in [0.25, 0.3) is 11.3 Å². The van der Waals surface area contributed by atoms with Crippen LogP contribution in [0.4, 0.5) is 0 Å². The van der Waals surface area contributed by atoms with E-state index in [0.29, 0.717) is 0 Å². The van der Waals surface area contributed by atoms with E-state index in [-0.39, 0.29) is 17.9 Å². The van der Waals surface area contributed by atoms with Crippen LogP contribution in [0.5, 0.6) is 0 Å². The fourth-order valence-electron chi connectivity index (χ4n) is 1.91. The largest absolute Gasteiger partial charge is 0.460 e. The molecule has 116 valence electrons. The summed E-state index contributed by atoms with van der Waals surface area (Å²) in [6.07, 6.45) is -0.438. The van der Waals surface area contributed by atoms with Crippen molar-refractivity contribution in [2.75, 3.05) is 0 Å². The molecule has 3 nitrogen and oxygen atoms in total. The van der Waals surface area contributed by atoms with Gasteiger partial charge in [0.2, 0.25) is 0 Å². The summed E-state index contributed by atoms with van der Waals surface area (Å²) >= 11 is 0. The molecule has 1 unspecified atom stereocenters. The van der Waals surface area contributed by atoms with E-state index < -0.39 is 6.10 Å². The zero-order valence-corrected chi connectivity index (χ0v) is 13.8. The normalized spacial score (nSPS) is 12.8. The summed E-state index contributed by atoms with van der Waals surface area (Å²) in [4.78, 5) is 0. The number of benzene rings is 1. The van der Waals surface area contributed by atoms with E-state index in [0.717, 1.165) is 29.2 Å². The van der Waals surface area contributed by atoms with Crippen molar-refractivity contribution in [3.63, 3.8) is 0 Å². The Morgan fingerprint density at radius 1 is 1.10 bits per heavy atom. The average Bonchev–Trinajstić information content (AvgIpc) is 2.84. The van der Waals surface area contributed by atoms with Gasteiger partial charge in [0.25, 0.3) is 0 Å². The Morgan fingerprint density at radius 2 is 1.71 bits per heavy atom. The summed E-state index contributed by atoms with van der Waals surface area (Å²) < 4.78 is 5.84. The highest BCUT2D eigenvalue weighted by molar-refractivity contribution is 5.85. The number of rotatable bonds is 4. The maximum absolute atomic E-state index is 9.50. The molecule has 2 aromatic rings. The first-order valence-electron chi connectivity index (χ1n) is 6.97. The molecule has 0 saturated heterocycles. The molecular formula is C17H24ClNO2. The minimum atomic E-state index is -0.438. The Bertz CT molecular complexity index is 553. The van der Waals surface area contributed by atoms with E-state index in [2.05, 4.69) is 26.1 Å². The summed E-state index contributed by atoms with van der Waals surface area (Å²) in [5, 5.41) is 12.9. The first-order valence-corrected chi connectivity index (χ1v) is 6.97. The van der Waals surface area contributed by atoms with Gasteiger partial charge in [-0.05, 0) is 45.4 Å². The molecule has 1 atom stereocenters. The van der Waals surface area contributed by atoms with Crippen LogP contribution in [0.2, 0.25) is 0 Å². The molecule has 0 bridgehead atoms. The highest BCUT2D eigenvalue weighted by atomic mass is 35.5. The zero-order valence-electron chi connectivity index (χ0n) is 13.0. The van der Waals surface area contributed by atoms with E-state index in [9.17, 15) is 5.11 Å². The van der Waals surface area contributed by atoms with E-state index in [1.54, 1.807) is 6.92 Å². The molecule has 0 aliphatic carbocycles. The Labute approximate surface area is 132 Å². The van der Waals surface area contributed by atoms with Crippen molar-refractivity contribution in [2.24, 2.45) is 0 Å². The van der Waals surface area contributed by atoms with Crippen molar-refractivity contribution in [1.82, 2.24) is 5.32 Å². The lowest BCUT2D eigenvalue weighted by Gasteiger charge is -2.19. The summed E-state index contributed by atoms with van der Waals surface area (Å²) in [7, 11) is 0. The maximum atomic E-state index is 9.50. The minimum absolute atomic E-state index is 0. The van der Waals surface area contributed by atoms with Crippen LogP contribution in [0, 0.1) is 0 Å². The topological polar surface area (TPSA) is 45.4 Å². The summed E-state index contributed by atoms with van der Waals surface area (Å²) in [5.74, 6) is 1.78. The van der Waals surface area contributed by atoms with E-state index in [4.69, 9.17) is 4.42 Å². The number of furan rings is 1. The average molecular weight is 310 g/mol. The van der Waals surface area contributed by atoms with Crippen LogP contribution in [-0.4, -0.2) is 10.6 Å². The molecule has 0 amide bonds. The molecule has 0 spiro atoms. The molecule has 1 heterocycles. The number of aliphatic hydroxyl groups is 1. The number of hydrogen-bond donors (Lipinski definition) is 2. The van der Waals surface area contributed by atoms with Crippen molar-refractivity contribution in [3.8, 4) is 11.3 Å². The Kier molecular flexibility index (Phi) is 6.02. The highest BCUT2D eigenvalue weighted by Crippen LogP contribution is 2.24. The van der Waals surface area contributed by atoms with Gasteiger partial charge in [0.15, 0.2) is 0 Å². The fraction of sp³-hybridized carbons (Fsp3) is 0.412. The van der Waals surface area contributed by atoms with Gasteiger partial charge in [-0.25, -0.2) is 0 Å². The van der Waals surface area contributed by atoms with Crippen LogP contribution in [0.1, 0.15) is 45.1 Å². The van der Waals surface area contributed by atoms with E-state index >= 15 is 0 Å². The van der Waals surface area contributed by atoms with Gasteiger partial charge in [0.05, 0.1) is 12.6 Å². The fourth-order valence-corrected chi connectivity index (χ4v) is 1.91. The van der Waals surface area contributed by atoms with E-state index in [1.165, 1.54) is 0 Å². The third-order valence-corrected chi connectivity index (χ3v) is 3.13. The second-order valence-electron chi connectivity index (χ2n) is 6.17. The SMILES string of the molecule is CC(O)c1ccc(-c2ccc(CNC(C)(C)C)o2)cc1.Cl. The van der Waals surface area contributed by atoms with Gasteiger partial charge in [-0.2, -0.15) is 0 Å². The van der Waals surface area contributed by atoms with Gasteiger partial charge < -0.3 is 14.8 Å². The van der Waals surface area contributed by atoms with Gasteiger partial charge in [-0.1, -0.05) is 24.3 Å². The second-order valence-corrected chi connectivity index (χ2v) is 6.17. The van der Waals surface area contributed by atoms with Gasteiger partial charge in [0.1, 0.15) is 11.5 Å². The minimum Gasteiger partial charge on any atom is -0.460 e. The summed E-state index contributed by atoms with van der Waals surface area (Å²) in [5.41, 5.74) is 2.01. The molecule has 21 heavy (non-hydrogen) atoms. The molecule has 0 saturated carbocycles. The predicted octanol–water partition coefficient (Wildman–Crippen LogP) is 4.31. The van der Waals surface area contributed by atoms with Crippen LogP contribution in [-0.2, 0) is 6.54 Å². The van der Waals surface area contributed by atoms with Gasteiger partial charge in [-0.3, -0.25) is 0 Å². The number of nitrogens with one attached hydrogen (secondary N) is 1. The number of aliphatic hydroxyl groups excluding tert-OH is 1. The molecule has 0 radical (unpaired) electrons. The first kappa shape index (κ1) is 17.8. The van der Waals surface area contributed by atoms with E-state index in [1.807, 2.05) is 36.4 Å². The molecule has 2 rings (SSSR count). The first-order chi connectivity index (χ1) is 9.35. The summed E-state index contributed by atoms with van der Waals surface area (Å²) in [6.45, 7) is 8.87. The number of hydrogen-bond acceptors (Lipinski definition) is 3. The van der Waals surface area contributed by atoms with Crippen molar-refractivity contribution in [3.05, 3.63) is 47.7 Å². The molecular weight excluding hydrogens is 286 g/mol. The summed E-state index contributed by atoms with van der Waals surface area (Å²) in [6, 6.07) is 11.8. The molecule has 0 fully saturated rings. The standard InChI is InChI=1S/C17H23NO2.ClH/c1-12(19)13-5-7-14(8-6-13)16-10-9-15(20-16)11-18-17(2,3)4;/h5-10,12,18-19H,11H2,1-4H3;1H. The molecule has 1 aromatic heterocycles. The van der Waals surface area contributed by atoms with Gasteiger partial charge >= 0.3 is 0 Å². The quantitative estimate of drug-likeness (QED) is 0.884. The zero-order chi connectivity index (χ0) is 14.8. The third kappa shape index (κ3) is 5.20. The molecule has 4 heteroatoms. The van der Waals surface area contributed by atoms with Crippen molar-refractivity contribution >= 4 is 12.4 Å². The molecule has 1 aromatic carbocycles. The highest BCUT2D eigenvalue weighted by Gasteiger charge is 2.11. The van der Waals surface area contributed by atoms with Gasteiger partial charge in [0, 0.05) is 11.1 Å². The maximum Gasteiger partial charge on any atom is 0.134 e. The van der Waals surface area contributed by atoms with Crippen molar-refractivity contribution in [1.29, 1.82) is 0 Å². The molecule has 0 aliphatic rings. The Morgan fingerprint density at radius 3 is 2.24 bits per heavy atom. The Hall–Kier alpha value is -1.29. The van der Waals surface area contributed by atoms with Crippen LogP contribution in [0.3, 0.4) is 0 Å². The smallest absolute Gasteiger partial charge is 0.134 e. The predicted molar refractivity (Wildman–Crippen MR) is 88.6 cm³/mol. The lowest BCUT2D eigenvalue weighted by atomic mass is 10.1. The Balaban J connectivity index is 0.00000220. The third-order valence-electron chi connectivity index (χ3n) is 3.13. The molecule has 2 N–H and O–H groups in total. The molecule has 0 aliphatic heterocycles. The number of halogens is 1. The lowest BCUT2D eigenvalue weighted by molar-refractivity contribution is 0.199. The van der Waals surface area contributed by atoms with Gasteiger partial charge in [-0.15, -0.1) is 12.4 Å². The van der Waals surface area contributed by atoms with Crippen molar-refractivity contribution < 1.29 is 9.52 Å². The van der Waals surface area contributed by atoms with Crippen LogP contribution in [0.15, 0.2) is 40.8 Å². The monoisotopic (exact) mass is 309 g/mol. The lowest BCUT2D eigenvalue weighted by Crippen LogP contribution is -2.34. The van der Waals surface area contributed by atoms with Crippen LogP contribution >= 0.6 is 12.4 Å². The van der Waals surface area contributed by atoms with Crippen molar-refractivity contribution in [2.45, 2.75) is 45.9 Å². The second kappa shape index (κ2) is 7.12.